The van der Waals surface area contributed by atoms with Gasteiger partial charge in [-0.05, 0) is 18.2 Å². The quantitative estimate of drug-likeness (QED) is 0.919. The molecule has 0 aliphatic rings. The molecule has 0 aliphatic heterocycles. The summed E-state index contributed by atoms with van der Waals surface area (Å²) in [5.41, 5.74) is 6.26. The Morgan fingerprint density at radius 1 is 1.33 bits per heavy atom. The van der Waals surface area contributed by atoms with Gasteiger partial charge in [0.05, 0.1) is 5.69 Å². The van der Waals surface area contributed by atoms with Crippen LogP contribution in [-0.2, 0) is 6.54 Å². The molecule has 1 heterocycles. The number of rotatable bonds is 3. The van der Waals surface area contributed by atoms with Crippen molar-refractivity contribution < 1.29 is 22.3 Å². The third kappa shape index (κ3) is 3.01. The highest BCUT2D eigenvalue weighted by molar-refractivity contribution is 5.56. The largest absolute Gasteiger partial charge is 0.573 e. The molecule has 0 unspecified atom stereocenters. The topological polar surface area (TPSA) is 61.3 Å². The summed E-state index contributed by atoms with van der Waals surface area (Å²) in [6.07, 6.45) is -3.37. The van der Waals surface area contributed by atoms with Crippen molar-refractivity contribution in [3.05, 3.63) is 36.2 Å². The Hall–Kier alpha value is -2.02. The molecular weight excluding hydrogens is 249 g/mol. The van der Waals surface area contributed by atoms with Crippen molar-refractivity contribution in [3.63, 3.8) is 0 Å². The average Bonchev–Trinajstić information content (AvgIpc) is 2.75. The van der Waals surface area contributed by atoms with Crippen LogP contribution in [0.4, 0.5) is 13.2 Å². The van der Waals surface area contributed by atoms with Gasteiger partial charge >= 0.3 is 6.36 Å². The summed E-state index contributed by atoms with van der Waals surface area (Å²) in [4.78, 5) is 4.01. The summed E-state index contributed by atoms with van der Waals surface area (Å²) >= 11 is 0. The van der Waals surface area contributed by atoms with Gasteiger partial charge in [-0.15, -0.1) is 13.2 Å². The number of ether oxygens (including phenoxy) is 1. The van der Waals surface area contributed by atoms with E-state index in [0.717, 1.165) is 0 Å². The molecule has 7 heteroatoms. The summed E-state index contributed by atoms with van der Waals surface area (Å²) in [5, 5.41) is 0. The fraction of sp³-hybridized carbons (Fsp3) is 0.182. The molecule has 0 spiro atoms. The van der Waals surface area contributed by atoms with E-state index in [0.29, 0.717) is 11.3 Å². The Balaban J connectivity index is 2.26. The molecule has 2 rings (SSSR count). The van der Waals surface area contributed by atoms with Crippen LogP contribution in [-0.4, -0.2) is 11.3 Å². The zero-order valence-electron chi connectivity index (χ0n) is 9.07. The van der Waals surface area contributed by atoms with E-state index in [4.69, 9.17) is 10.2 Å². The molecule has 0 bridgehead atoms. The minimum absolute atomic E-state index is 0.197. The highest BCUT2D eigenvalue weighted by atomic mass is 19.4. The van der Waals surface area contributed by atoms with Crippen LogP contribution >= 0.6 is 0 Å². The summed E-state index contributed by atoms with van der Waals surface area (Å²) in [6, 6.07) is 5.38. The molecule has 96 valence electrons. The molecule has 0 aliphatic carbocycles. The highest BCUT2D eigenvalue weighted by Crippen LogP contribution is 2.27. The number of halogens is 3. The monoisotopic (exact) mass is 258 g/mol. The van der Waals surface area contributed by atoms with E-state index in [1.54, 1.807) is 6.07 Å². The first-order valence-corrected chi connectivity index (χ1v) is 4.98. The minimum atomic E-state index is -4.72. The van der Waals surface area contributed by atoms with Crippen LogP contribution in [0, 0.1) is 0 Å². The van der Waals surface area contributed by atoms with E-state index in [9.17, 15) is 13.2 Å². The molecular formula is C11H9F3N2O2. The van der Waals surface area contributed by atoms with Crippen LogP contribution in [0.5, 0.6) is 5.75 Å². The third-order valence-corrected chi connectivity index (χ3v) is 2.08. The molecule has 0 atom stereocenters. The zero-order chi connectivity index (χ0) is 13.2. The minimum Gasteiger partial charge on any atom is -0.444 e. The lowest BCUT2D eigenvalue weighted by atomic mass is 10.2. The standard InChI is InChI=1S/C11H9F3N2O2/c12-11(13,14)18-9-3-1-2-7(4-9)10-16-8(5-15)6-17-10/h1-4,6H,5,15H2. The van der Waals surface area contributed by atoms with Crippen molar-refractivity contribution >= 4 is 0 Å². The van der Waals surface area contributed by atoms with E-state index >= 15 is 0 Å². The number of alkyl halides is 3. The summed E-state index contributed by atoms with van der Waals surface area (Å²) < 4.78 is 45.1. The molecule has 0 radical (unpaired) electrons. The van der Waals surface area contributed by atoms with Gasteiger partial charge in [-0.25, -0.2) is 4.98 Å². The molecule has 0 fully saturated rings. The predicted octanol–water partition coefficient (Wildman–Crippen LogP) is 2.70. The van der Waals surface area contributed by atoms with E-state index in [2.05, 4.69) is 9.72 Å². The second kappa shape index (κ2) is 4.69. The molecule has 2 N–H and O–H groups in total. The lowest BCUT2D eigenvalue weighted by Gasteiger charge is -2.08. The van der Waals surface area contributed by atoms with Gasteiger partial charge in [-0.3, -0.25) is 0 Å². The summed E-state index contributed by atoms with van der Waals surface area (Å²) in [5.74, 6) is -0.129. The summed E-state index contributed by atoms with van der Waals surface area (Å²) in [6.45, 7) is 0.197. The Morgan fingerprint density at radius 2 is 2.11 bits per heavy atom. The highest BCUT2D eigenvalue weighted by Gasteiger charge is 2.31. The fourth-order valence-corrected chi connectivity index (χ4v) is 1.36. The maximum absolute atomic E-state index is 12.1. The molecule has 1 aromatic heterocycles. The third-order valence-electron chi connectivity index (χ3n) is 2.08. The Kier molecular flexibility index (Phi) is 3.24. The van der Waals surface area contributed by atoms with Crippen molar-refractivity contribution in [1.29, 1.82) is 0 Å². The van der Waals surface area contributed by atoms with Gasteiger partial charge in [0, 0.05) is 12.1 Å². The number of hydrogen-bond donors (Lipinski definition) is 1. The predicted molar refractivity (Wildman–Crippen MR) is 56.5 cm³/mol. The first kappa shape index (κ1) is 12.4. The van der Waals surface area contributed by atoms with Gasteiger partial charge in [-0.1, -0.05) is 6.07 Å². The van der Waals surface area contributed by atoms with Crippen LogP contribution in [0.1, 0.15) is 5.69 Å². The average molecular weight is 258 g/mol. The number of oxazole rings is 1. The Bertz CT molecular complexity index is 537. The van der Waals surface area contributed by atoms with Gasteiger partial charge in [0.25, 0.3) is 0 Å². The van der Waals surface area contributed by atoms with Crippen LogP contribution in [0.2, 0.25) is 0 Å². The second-order valence-electron chi connectivity index (χ2n) is 3.42. The summed E-state index contributed by atoms with van der Waals surface area (Å²) in [7, 11) is 0. The van der Waals surface area contributed by atoms with E-state index in [1.165, 1.54) is 24.5 Å². The molecule has 18 heavy (non-hydrogen) atoms. The molecule has 0 amide bonds. The van der Waals surface area contributed by atoms with Crippen molar-refractivity contribution in [2.24, 2.45) is 5.73 Å². The van der Waals surface area contributed by atoms with Gasteiger partial charge < -0.3 is 14.9 Å². The molecule has 4 nitrogen and oxygen atoms in total. The first-order valence-electron chi connectivity index (χ1n) is 4.98. The maximum atomic E-state index is 12.1. The van der Waals surface area contributed by atoms with E-state index < -0.39 is 6.36 Å². The van der Waals surface area contributed by atoms with Gasteiger partial charge in [0.1, 0.15) is 12.0 Å². The van der Waals surface area contributed by atoms with E-state index in [-0.39, 0.29) is 18.2 Å². The number of aromatic nitrogens is 1. The first-order chi connectivity index (χ1) is 8.48. The van der Waals surface area contributed by atoms with Crippen LogP contribution < -0.4 is 10.5 Å². The molecule has 1 aromatic carbocycles. The smallest absolute Gasteiger partial charge is 0.444 e. The van der Waals surface area contributed by atoms with Gasteiger partial charge in [-0.2, -0.15) is 0 Å². The Morgan fingerprint density at radius 3 is 2.72 bits per heavy atom. The van der Waals surface area contributed by atoms with Crippen LogP contribution in [0.25, 0.3) is 11.5 Å². The molecule has 2 aromatic rings. The lowest BCUT2D eigenvalue weighted by molar-refractivity contribution is -0.274. The molecule has 0 saturated carbocycles. The van der Waals surface area contributed by atoms with Crippen LogP contribution in [0.3, 0.4) is 0 Å². The maximum Gasteiger partial charge on any atom is 0.573 e. The number of benzene rings is 1. The van der Waals surface area contributed by atoms with Crippen molar-refractivity contribution in [2.75, 3.05) is 0 Å². The van der Waals surface area contributed by atoms with Crippen molar-refractivity contribution in [1.82, 2.24) is 4.98 Å². The Labute approximate surface area is 100 Å². The molecule has 0 saturated heterocycles. The fourth-order valence-electron chi connectivity index (χ4n) is 1.36. The normalized spacial score (nSPS) is 11.6. The van der Waals surface area contributed by atoms with Crippen LogP contribution in [0.15, 0.2) is 34.9 Å². The van der Waals surface area contributed by atoms with Gasteiger partial charge in [0.2, 0.25) is 5.89 Å². The van der Waals surface area contributed by atoms with Gasteiger partial charge in [0.15, 0.2) is 0 Å². The lowest BCUT2D eigenvalue weighted by Crippen LogP contribution is -2.17. The van der Waals surface area contributed by atoms with Crippen molar-refractivity contribution in [2.45, 2.75) is 12.9 Å². The van der Waals surface area contributed by atoms with Crippen molar-refractivity contribution in [3.8, 4) is 17.2 Å². The second-order valence-corrected chi connectivity index (χ2v) is 3.42. The zero-order valence-corrected chi connectivity index (χ0v) is 9.07. The number of nitrogens with two attached hydrogens (primary N) is 1. The van der Waals surface area contributed by atoms with E-state index in [1.807, 2.05) is 0 Å². The SMILES string of the molecule is NCc1coc(-c2cccc(OC(F)(F)F)c2)n1. The number of hydrogen-bond acceptors (Lipinski definition) is 4. The number of nitrogens with zero attached hydrogens (tertiary/aromatic N) is 1.